The SMILES string of the molecule is Cc1cccc(C(=O)Nc2cnn(C)n2)c1. The molecule has 0 saturated carbocycles. The molecule has 1 aromatic heterocycles. The lowest BCUT2D eigenvalue weighted by Gasteiger charge is -2.01. The predicted octanol–water partition coefficient (Wildman–Crippen LogP) is 1.38. The number of nitrogens with zero attached hydrogens (tertiary/aromatic N) is 3. The number of benzene rings is 1. The van der Waals surface area contributed by atoms with Crippen LogP contribution >= 0.6 is 0 Å². The van der Waals surface area contributed by atoms with Gasteiger partial charge in [-0.05, 0) is 19.1 Å². The van der Waals surface area contributed by atoms with Gasteiger partial charge in [0.2, 0.25) is 0 Å². The molecule has 1 amide bonds. The highest BCUT2D eigenvalue weighted by Crippen LogP contribution is 2.07. The summed E-state index contributed by atoms with van der Waals surface area (Å²) in [5.74, 6) is 0.276. The van der Waals surface area contributed by atoms with Crippen LogP contribution in [0.2, 0.25) is 0 Å². The minimum absolute atomic E-state index is 0.177. The molecule has 0 fully saturated rings. The zero-order chi connectivity index (χ0) is 11.5. The van der Waals surface area contributed by atoms with Gasteiger partial charge in [-0.15, -0.1) is 5.10 Å². The fraction of sp³-hybridized carbons (Fsp3) is 0.182. The van der Waals surface area contributed by atoms with E-state index in [1.807, 2.05) is 25.1 Å². The third-order valence-electron chi connectivity index (χ3n) is 2.12. The highest BCUT2D eigenvalue weighted by molar-refractivity contribution is 6.03. The second kappa shape index (κ2) is 4.14. The van der Waals surface area contributed by atoms with Gasteiger partial charge in [0.1, 0.15) is 0 Å². The Balaban J connectivity index is 2.14. The lowest BCUT2D eigenvalue weighted by atomic mass is 10.1. The zero-order valence-electron chi connectivity index (χ0n) is 9.14. The van der Waals surface area contributed by atoms with E-state index in [1.165, 1.54) is 11.0 Å². The molecule has 0 spiro atoms. The molecule has 0 saturated heterocycles. The van der Waals surface area contributed by atoms with Crippen LogP contribution in [0.1, 0.15) is 15.9 Å². The minimum Gasteiger partial charge on any atom is -0.304 e. The summed E-state index contributed by atoms with van der Waals surface area (Å²) in [5, 5.41) is 10.5. The van der Waals surface area contributed by atoms with Crippen molar-refractivity contribution in [3.05, 3.63) is 41.6 Å². The molecule has 82 valence electrons. The lowest BCUT2D eigenvalue weighted by Crippen LogP contribution is -2.12. The van der Waals surface area contributed by atoms with Gasteiger partial charge in [-0.3, -0.25) is 4.79 Å². The number of aromatic nitrogens is 3. The van der Waals surface area contributed by atoms with Crippen molar-refractivity contribution in [1.82, 2.24) is 15.0 Å². The van der Waals surface area contributed by atoms with Crippen LogP contribution in [0.15, 0.2) is 30.5 Å². The Morgan fingerprint density at radius 1 is 1.44 bits per heavy atom. The Kier molecular flexibility index (Phi) is 2.68. The van der Waals surface area contributed by atoms with Gasteiger partial charge < -0.3 is 5.32 Å². The number of hydrogen-bond donors (Lipinski definition) is 1. The van der Waals surface area contributed by atoms with Crippen molar-refractivity contribution in [2.75, 3.05) is 5.32 Å². The Hall–Kier alpha value is -2.17. The second-order valence-corrected chi connectivity index (χ2v) is 3.54. The fourth-order valence-corrected chi connectivity index (χ4v) is 1.38. The Bertz CT molecular complexity index is 518. The highest BCUT2D eigenvalue weighted by Gasteiger charge is 2.07. The van der Waals surface area contributed by atoms with Crippen molar-refractivity contribution >= 4 is 11.7 Å². The first-order chi connectivity index (χ1) is 7.65. The van der Waals surface area contributed by atoms with Crippen molar-refractivity contribution in [3.8, 4) is 0 Å². The molecule has 0 bridgehead atoms. The normalized spacial score (nSPS) is 10.1. The summed E-state index contributed by atoms with van der Waals surface area (Å²) in [4.78, 5) is 13.2. The van der Waals surface area contributed by atoms with E-state index in [9.17, 15) is 4.79 Å². The first-order valence-corrected chi connectivity index (χ1v) is 4.89. The van der Waals surface area contributed by atoms with Crippen LogP contribution in [-0.2, 0) is 7.05 Å². The zero-order valence-corrected chi connectivity index (χ0v) is 9.14. The summed E-state index contributed by atoms with van der Waals surface area (Å²) in [5.41, 5.74) is 1.66. The Morgan fingerprint density at radius 2 is 2.25 bits per heavy atom. The summed E-state index contributed by atoms with van der Waals surface area (Å²) in [6, 6.07) is 7.38. The first-order valence-electron chi connectivity index (χ1n) is 4.89. The summed E-state index contributed by atoms with van der Waals surface area (Å²) < 4.78 is 0. The molecular weight excluding hydrogens is 204 g/mol. The van der Waals surface area contributed by atoms with E-state index in [0.29, 0.717) is 11.4 Å². The monoisotopic (exact) mass is 216 g/mol. The molecule has 16 heavy (non-hydrogen) atoms. The van der Waals surface area contributed by atoms with E-state index in [0.717, 1.165) is 5.56 Å². The fourth-order valence-electron chi connectivity index (χ4n) is 1.38. The van der Waals surface area contributed by atoms with Gasteiger partial charge in [0.25, 0.3) is 5.91 Å². The third kappa shape index (κ3) is 2.25. The van der Waals surface area contributed by atoms with Gasteiger partial charge in [0, 0.05) is 12.6 Å². The van der Waals surface area contributed by atoms with E-state index in [4.69, 9.17) is 0 Å². The van der Waals surface area contributed by atoms with Crippen molar-refractivity contribution < 1.29 is 4.79 Å². The van der Waals surface area contributed by atoms with Crippen LogP contribution < -0.4 is 5.32 Å². The average molecular weight is 216 g/mol. The maximum atomic E-state index is 11.8. The molecule has 1 heterocycles. The summed E-state index contributed by atoms with van der Waals surface area (Å²) in [6.45, 7) is 1.94. The third-order valence-corrected chi connectivity index (χ3v) is 2.12. The number of rotatable bonds is 2. The van der Waals surface area contributed by atoms with Gasteiger partial charge in [0.05, 0.1) is 6.20 Å². The van der Waals surface area contributed by atoms with Crippen LogP contribution in [0.4, 0.5) is 5.82 Å². The van der Waals surface area contributed by atoms with E-state index in [1.54, 1.807) is 13.1 Å². The smallest absolute Gasteiger partial charge is 0.256 e. The molecular formula is C11H12N4O. The van der Waals surface area contributed by atoms with Gasteiger partial charge in [-0.2, -0.15) is 9.90 Å². The molecule has 0 aliphatic rings. The molecule has 2 aromatic rings. The highest BCUT2D eigenvalue weighted by atomic mass is 16.1. The van der Waals surface area contributed by atoms with Gasteiger partial charge in [0.15, 0.2) is 5.82 Å². The van der Waals surface area contributed by atoms with Crippen molar-refractivity contribution in [3.63, 3.8) is 0 Å². The van der Waals surface area contributed by atoms with Crippen LogP contribution in [0.5, 0.6) is 0 Å². The second-order valence-electron chi connectivity index (χ2n) is 3.54. The maximum Gasteiger partial charge on any atom is 0.256 e. The number of amides is 1. The summed E-state index contributed by atoms with van der Waals surface area (Å²) >= 11 is 0. The largest absolute Gasteiger partial charge is 0.304 e. The first kappa shape index (κ1) is 10.4. The van der Waals surface area contributed by atoms with Crippen LogP contribution in [0.25, 0.3) is 0 Å². The molecule has 2 rings (SSSR count). The molecule has 1 N–H and O–H groups in total. The maximum absolute atomic E-state index is 11.8. The molecule has 0 aliphatic heterocycles. The van der Waals surface area contributed by atoms with Crippen LogP contribution in [0, 0.1) is 6.92 Å². The Morgan fingerprint density at radius 3 is 2.88 bits per heavy atom. The van der Waals surface area contributed by atoms with Crippen molar-refractivity contribution in [2.45, 2.75) is 6.92 Å². The van der Waals surface area contributed by atoms with Gasteiger partial charge in [-0.1, -0.05) is 17.7 Å². The number of nitrogens with one attached hydrogen (secondary N) is 1. The predicted molar refractivity (Wildman–Crippen MR) is 60.1 cm³/mol. The molecule has 0 unspecified atom stereocenters. The molecule has 0 radical (unpaired) electrons. The molecule has 1 aromatic carbocycles. The van der Waals surface area contributed by atoms with Gasteiger partial charge >= 0.3 is 0 Å². The number of aryl methyl sites for hydroxylation is 2. The minimum atomic E-state index is -0.177. The standard InChI is InChI=1S/C11H12N4O/c1-8-4-3-5-9(6-8)11(16)13-10-7-12-15(2)14-10/h3-7H,1-2H3,(H,13,14,16). The Labute approximate surface area is 93.1 Å². The average Bonchev–Trinajstić information content (AvgIpc) is 2.64. The number of anilines is 1. The number of hydrogen-bond acceptors (Lipinski definition) is 3. The lowest BCUT2D eigenvalue weighted by molar-refractivity contribution is 0.102. The van der Waals surface area contributed by atoms with E-state index in [2.05, 4.69) is 15.5 Å². The molecule has 5 heteroatoms. The number of carbonyl (C=O) groups is 1. The molecule has 5 nitrogen and oxygen atoms in total. The molecule has 0 aliphatic carbocycles. The van der Waals surface area contributed by atoms with Crippen molar-refractivity contribution in [2.24, 2.45) is 7.05 Å². The summed E-state index contributed by atoms with van der Waals surface area (Å²) in [7, 11) is 1.70. The van der Waals surface area contributed by atoms with Crippen molar-refractivity contribution in [1.29, 1.82) is 0 Å². The molecule has 0 atom stereocenters. The number of carbonyl (C=O) groups excluding carboxylic acids is 1. The quantitative estimate of drug-likeness (QED) is 0.824. The topological polar surface area (TPSA) is 59.8 Å². The van der Waals surface area contributed by atoms with E-state index in [-0.39, 0.29) is 5.91 Å². The summed E-state index contributed by atoms with van der Waals surface area (Å²) in [6.07, 6.45) is 1.51. The van der Waals surface area contributed by atoms with Gasteiger partial charge in [-0.25, -0.2) is 0 Å². The van der Waals surface area contributed by atoms with Crippen LogP contribution in [-0.4, -0.2) is 20.9 Å². The van der Waals surface area contributed by atoms with Crippen LogP contribution in [0.3, 0.4) is 0 Å². The van der Waals surface area contributed by atoms with E-state index < -0.39 is 0 Å². The van der Waals surface area contributed by atoms with E-state index >= 15 is 0 Å².